The van der Waals surface area contributed by atoms with Crippen molar-refractivity contribution in [2.24, 2.45) is 11.7 Å². The third-order valence-corrected chi connectivity index (χ3v) is 3.82. The van der Waals surface area contributed by atoms with Gasteiger partial charge in [-0.15, -0.1) is 0 Å². The highest BCUT2D eigenvalue weighted by molar-refractivity contribution is 7.80. The molecule has 98 valence electrons. The highest BCUT2D eigenvalue weighted by Crippen LogP contribution is 2.32. The lowest BCUT2D eigenvalue weighted by Gasteiger charge is -2.29. The maximum absolute atomic E-state index is 13.3. The lowest BCUT2D eigenvalue weighted by molar-refractivity contribution is 0.244. The van der Waals surface area contributed by atoms with Crippen molar-refractivity contribution in [3.63, 3.8) is 0 Å². The highest BCUT2D eigenvalue weighted by atomic mass is 32.1. The molecule has 1 aliphatic heterocycles. The molecule has 0 radical (unpaired) electrons. The van der Waals surface area contributed by atoms with E-state index in [-0.39, 0.29) is 23.5 Å². The number of thiocarbonyl (C=S) groups is 1. The van der Waals surface area contributed by atoms with Gasteiger partial charge in [-0.3, -0.25) is 0 Å². The average molecular weight is 268 g/mol. The summed E-state index contributed by atoms with van der Waals surface area (Å²) in [6, 6.07) is 4.48. The van der Waals surface area contributed by atoms with Crippen molar-refractivity contribution in [2.75, 3.05) is 18.1 Å². The van der Waals surface area contributed by atoms with Gasteiger partial charge in [0.2, 0.25) is 0 Å². The van der Waals surface area contributed by atoms with Gasteiger partial charge in [-0.2, -0.15) is 0 Å². The van der Waals surface area contributed by atoms with Crippen LogP contribution in [0, 0.1) is 11.7 Å². The Bertz CT molecular complexity index is 466. The van der Waals surface area contributed by atoms with E-state index < -0.39 is 0 Å². The zero-order chi connectivity index (χ0) is 13.3. The van der Waals surface area contributed by atoms with E-state index in [1.165, 1.54) is 12.1 Å². The molecule has 0 aliphatic carbocycles. The Kier molecular flexibility index (Phi) is 3.82. The molecule has 1 heterocycles. The molecule has 1 aliphatic rings. The molecule has 0 bridgehead atoms. The van der Waals surface area contributed by atoms with Gasteiger partial charge in [-0.25, -0.2) is 4.39 Å². The second kappa shape index (κ2) is 5.20. The topological polar surface area (TPSA) is 49.5 Å². The molecule has 3 nitrogen and oxygen atoms in total. The van der Waals surface area contributed by atoms with Crippen molar-refractivity contribution in [2.45, 2.75) is 19.4 Å². The number of hydrogen-bond donors (Lipinski definition) is 2. The predicted octanol–water partition coefficient (Wildman–Crippen LogP) is 1.67. The van der Waals surface area contributed by atoms with Crippen molar-refractivity contribution >= 4 is 22.9 Å². The third kappa shape index (κ3) is 2.33. The summed E-state index contributed by atoms with van der Waals surface area (Å²) >= 11 is 4.97. The zero-order valence-electron chi connectivity index (χ0n) is 10.3. The number of nitrogens with two attached hydrogens (primary N) is 1. The van der Waals surface area contributed by atoms with E-state index in [0.29, 0.717) is 11.5 Å². The molecular weight excluding hydrogens is 251 g/mol. The van der Waals surface area contributed by atoms with E-state index >= 15 is 0 Å². The Morgan fingerprint density at radius 3 is 2.94 bits per heavy atom. The molecule has 0 aromatic heterocycles. The smallest absolute Gasteiger partial charge is 0.124 e. The quantitative estimate of drug-likeness (QED) is 0.819. The number of nitrogens with zero attached hydrogens (tertiary/aromatic N) is 1. The zero-order valence-corrected chi connectivity index (χ0v) is 11.1. The summed E-state index contributed by atoms with van der Waals surface area (Å²) in [5.74, 6) is 0.0496. The van der Waals surface area contributed by atoms with Gasteiger partial charge in [-0.05, 0) is 30.5 Å². The Hall–Kier alpha value is -1.20. The molecule has 2 unspecified atom stereocenters. The van der Waals surface area contributed by atoms with Gasteiger partial charge in [0.1, 0.15) is 10.8 Å². The molecule has 1 aromatic carbocycles. The van der Waals surface area contributed by atoms with Crippen molar-refractivity contribution < 1.29 is 9.50 Å². The second-order valence-corrected chi connectivity index (χ2v) is 5.17. The summed E-state index contributed by atoms with van der Waals surface area (Å²) in [7, 11) is 0. The van der Waals surface area contributed by atoms with Crippen LogP contribution in [0.15, 0.2) is 18.2 Å². The molecule has 3 N–H and O–H groups in total. The Morgan fingerprint density at radius 2 is 2.33 bits per heavy atom. The lowest BCUT2D eigenvalue weighted by atomic mass is 10.0. The molecule has 2 atom stereocenters. The van der Waals surface area contributed by atoms with Gasteiger partial charge in [0.15, 0.2) is 0 Å². The van der Waals surface area contributed by atoms with Crippen LogP contribution in [0.25, 0.3) is 0 Å². The van der Waals surface area contributed by atoms with E-state index in [0.717, 1.165) is 18.7 Å². The largest absolute Gasteiger partial charge is 0.394 e. The van der Waals surface area contributed by atoms with Gasteiger partial charge in [-0.1, -0.05) is 19.1 Å². The lowest BCUT2D eigenvalue weighted by Crippen LogP contribution is -2.36. The fourth-order valence-corrected chi connectivity index (χ4v) is 2.71. The van der Waals surface area contributed by atoms with Gasteiger partial charge in [0.25, 0.3) is 0 Å². The first-order chi connectivity index (χ1) is 8.54. The minimum atomic E-state index is -0.352. The van der Waals surface area contributed by atoms with Gasteiger partial charge >= 0.3 is 0 Å². The van der Waals surface area contributed by atoms with Crippen LogP contribution in [0.1, 0.15) is 18.9 Å². The second-order valence-electron chi connectivity index (χ2n) is 4.73. The van der Waals surface area contributed by atoms with Crippen molar-refractivity contribution in [1.29, 1.82) is 0 Å². The number of halogens is 1. The van der Waals surface area contributed by atoms with Gasteiger partial charge in [0, 0.05) is 17.8 Å². The van der Waals surface area contributed by atoms with Crippen molar-refractivity contribution in [1.82, 2.24) is 0 Å². The first kappa shape index (κ1) is 13.2. The Morgan fingerprint density at radius 1 is 1.61 bits per heavy atom. The van der Waals surface area contributed by atoms with Crippen LogP contribution in [0.2, 0.25) is 0 Å². The fraction of sp³-hybridized carbons (Fsp3) is 0.462. The minimum absolute atomic E-state index is 0.0450. The fourth-order valence-electron chi connectivity index (χ4n) is 2.54. The molecule has 1 aromatic rings. The van der Waals surface area contributed by atoms with E-state index in [1.54, 1.807) is 6.07 Å². The maximum atomic E-state index is 13.3. The van der Waals surface area contributed by atoms with Crippen LogP contribution < -0.4 is 10.6 Å². The van der Waals surface area contributed by atoms with Gasteiger partial charge < -0.3 is 15.7 Å². The third-order valence-electron chi connectivity index (χ3n) is 3.60. The van der Waals surface area contributed by atoms with Crippen LogP contribution >= 0.6 is 12.2 Å². The first-order valence-electron chi connectivity index (χ1n) is 6.01. The maximum Gasteiger partial charge on any atom is 0.124 e. The molecule has 18 heavy (non-hydrogen) atoms. The van der Waals surface area contributed by atoms with E-state index in [9.17, 15) is 9.50 Å². The minimum Gasteiger partial charge on any atom is -0.394 e. The summed E-state index contributed by atoms with van der Waals surface area (Å²) in [4.78, 5) is 2.25. The number of aliphatic hydroxyl groups excluding tert-OH is 1. The number of aliphatic hydroxyl groups is 1. The van der Waals surface area contributed by atoms with Gasteiger partial charge in [0.05, 0.1) is 12.6 Å². The van der Waals surface area contributed by atoms with Crippen LogP contribution in [0.5, 0.6) is 0 Å². The molecule has 0 saturated carbocycles. The number of rotatable bonds is 3. The number of anilines is 1. The summed E-state index contributed by atoms with van der Waals surface area (Å²) in [5, 5.41) is 9.47. The van der Waals surface area contributed by atoms with E-state index in [4.69, 9.17) is 18.0 Å². The molecule has 5 heteroatoms. The normalized spacial score (nSPS) is 23.4. The van der Waals surface area contributed by atoms with E-state index in [2.05, 4.69) is 11.8 Å². The molecule has 0 amide bonds. The Labute approximate surface area is 111 Å². The van der Waals surface area contributed by atoms with Crippen molar-refractivity contribution in [3.05, 3.63) is 29.6 Å². The Balaban J connectivity index is 2.41. The summed E-state index contributed by atoms with van der Waals surface area (Å²) in [6.45, 7) is 3.01. The number of hydrogen-bond acceptors (Lipinski definition) is 3. The van der Waals surface area contributed by atoms with Crippen LogP contribution in [-0.2, 0) is 0 Å². The first-order valence-corrected chi connectivity index (χ1v) is 6.42. The van der Waals surface area contributed by atoms with Crippen molar-refractivity contribution in [3.8, 4) is 0 Å². The average Bonchev–Trinajstić information content (AvgIpc) is 2.70. The molecule has 1 saturated heterocycles. The SMILES string of the molecule is CC1CCN(c2ccc(F)cc2C(N)=S)C1CO. The molecule has 1 fully saturated rings. The van der Waals surface area contributed by atoms with Crippen LogP contribution in [-0.4, -0.2) is 29.3 Å². The van der Waals surface area contributed by atoms with Crippen LogP contribution in [0.3, 0.4) is 0 Å². The predicted molar refractivity (Wildman–Crippen MR) is 74.3 cm³/mol. The number of benzene rings is 1. The standard InChI is InChI=1S/C13H17FN2OS/c1-8-4-5-16(12(8)7-17)11-3-2-9(14)6-10(11)13(15)18/h2-3,6,8,12,17H,4-5,7H2,1H3,(H2,15,18). The van der Waals surface area contributed by atoms with Crippen LogP contribution in [0.4, 0.5) is 10.1 Å². The summed E-state index contributed by atoms with van der Waals surface area (Å²) < 4.78 is 13.3. The summed E-state index contributed by atoms with van der Waals surface area (Å²) in [5.41, 5.74) is 7.00. The van der Waals surface area contributed by atoms with E-state index in [1.807, 2.05) is 0 Å². The molecule has 2 rings (SSSR count). The summed E-state index contributed by atoms with van der Waals surface area (Å²) in [6.07, 6.45) is 0.999. The molecule has 0 spiro atoms. The monoisotopic (exact) mass is 268 g/mol. The highest BCUT2D eigenvalue weighted by Gasteiger charge is 2.32. The molecular formula is C13H17FN2OS.